The Morgan fingerprint density at radius 3 is 2.38 bits per heavy atom. The van der Waals surface area contributed by atoms with Gasteiger partial charge in [-0.05, 0) is 5.56 Å². The molecule has 1 heterocycles. The second-order valence-electron chi connectivity index (χ2n) is 4.93. The number of amides is 3. The summed E-state index contributed by atoms with van der Waals surface area (Å²) in [6, 6.07) is 7.38. The number of nitrogens with zero attached hydrogens (tertiary/aromatic N) is 1. The van der Waals surface area contributed by atoms with Crippen LogP contribution in [0.4, 0.5) is 4.79 Å². The molecule has 1 fully saturated rings. The summed E-state index contributed by atoms with van der Waals surface area (Å²) in [6.07, 6.45) is -1.06. The van der Waals surface area contributed by atoms with Gasteiger partial charge in [0, 0.05) is 12.8 Å². The number of imide groups is 1. The van der Waals surface area contributed by atoms with Crippen molar-refractivity contribution in [1.29, 1.82) is 0 Å². The Kier molecular flexibility index (Phi) is 5.85. The molecule has 0 unspecified atom stereocenters. The molecule has 1 aromatic carbocycles. The van der Waals surface area contributed by atoms with Gasteiger partial charge in [0.1, 0.15) is 6.61 Å². The van der Waals surface area contributed by atoms with Gasteiger partial charge in [-0.15, -0.1) is 5.06 Å². The van der Waals surface area contributed by atoms with Gasteiger partial charge in [-0.25, -0.2) is 9.59 Å². The molecule has 1 aliphatic rings. The first-order valence-electron chi connectivity index (χ1n) is 7.17. The Balaban J connectivity index is 1.84. The molecule has 9 nitrogen and oxygen atoms in total. The van der Waals surface area contributed by atoms with Crippen LogP contribution in [-0.4, -0.2) is 46.7 Å². The topological polar surface area (TPSA) is 122 Å². The van der Waals surface area contributed by atoms with Crippen LogP contribution in [0.3, 0.4) is 0 Å². The van der Waals surface area contributed by atoms with Gasteiger partial charge in [0.05, 0.1) is 6.61 Å². The molecule has 0 aliphatic carbocycles. The van der Waals surface area contributed by atoms with E-state index in [4.69, 9.17) is 4.74 Å². The number of aliphatic hydroxyl groups is 1. The van der Waals surface area contributed by atoms with Crippen molar-refractivity contribution in [2.24, 2.45) is 0 Å². The summed E-state index contributed by atoms with van der Waals surface area (Å²) in [7, 11) is 0. The summed E-state index contributed by atoms with van der Waals surface area (Å²) in [5, 5.41) is 11.6. The second kappa shape index (κ2) is 8.06. The number of ether oxygens (including phenoxy) is 1. The summed E-state index contributed by atoms with van der Waals surface area (Å²) >= 11 is 0. The van der Waals surface area contributed by atoms with Crippen LogP contribution < -0.4 is 5.32 Å². The average molecular weight is 336 g/mol. The Bertz CT molecular complexity index is 616. The fourth-order valence-electron chi connectivity index (χ4n) is 1.90. The minimum atomic E-state index is -1.46. The second-order valence-corrected chi connectivity index (χ2v) is 4.93. The Morgan fingerprint density at radius 1 is 1.17 bits per heavy atom. The highest BCUT2D eigenvalue weighted by atomic mass is 16.7. The number of benzene rings is 1. The monoisotopic (exact) mass is 336 g/mol. The van der Waals surface area contributed by atoms with Crippen molar-refractivity contribution < 1.29 is 33.9 Å². The lowest BCUT2D eigenvalue weighted by Crippen LogP contribution is -2.47. The van der Waals surface area contributed by atoms with Gasteiger partial charge in [-0.3, -0.25) is 9.59 Å². The van der Waals surface area contributed by atoms with Crippen LogP contribution >= 0.6 is 0 Å². The predicted octanol–water partition coefficient (Wildman–Crippen LogP) is -0.119. The normalized spacial score (nSPS) is 15.1. The molecule has 3 amide bonds. The van der Waals surface area contributed by atoms with E-state index in [2.05, 4.69) is 10.2 Å². The van der Waals surface area contributed by atoms with Crippen LogP contribution in [0.1, 0.15) is 18.4 Å². The molecule has 0 saturated carbocycles. The van der Waals surface area contributed by atoms with Crippen LogP contribution in [0.5, 0.6) is 0 Å². The third kappa shape index (κ3) is 4.53. The van der Waals surface area contributed by atoms with Crippen LogP contribution in [-0.2, 0) is 30.6 Å². The van der Waals surface area contributed by atoms with Gasteiger partial charge < -0.3 is 20.0 Å². The minimum absolute atomic E-state index is 0.0248. The van der Waals surface area contributed by atoms with Crippen molar-refractivity contribution in [2.75, 3.05) is 6.61 Å². The lowest BCUT2D eigenvalue weighted by molar-refractivity contribution is -0.199. The molecule has 0 spiro atoms. The highest BCUT2D eigenvalue weighted by molar-refractivity contribution is 6.01. The van der Waals surface area contributed by atoms with E-state index in [9.17, 15) is 24.3 Å². The molecule has 9 heteroatoms. The molecule has 2 N–H and O–H groups in total. The quantitative estimate of drug-likeness (QED) is 0.694. The van der Waals surface area contributed by atoms with Crippen molar-refractivity contribution in [3.05, 3.63) is 35.9 Å². The van der Waals surface area contributed by atoms with E-state index in [1.165, 1.54) is 0 Å². The Labute approximate surface area is 137 Å². The van der Waals surface area contributed by atoms with E-state index < -0.39 is 36.5 Å². The highest BCUT2D eigenvalue weighted by Gasteiger charge is 2.35. The standard InChI is InChI=1S/C15H16N2O7/c18-8-11(14(21)24-17-12(19)6-7-13(17)20)16-15(22)23-9-10-4-2-1-3-5-10/h1-5,11,18H,6-9H2,(H,16,22)/t11-/m0/s1. The van der Waals surface area contributed by atoms with Crippen molar-refractivity contribution in [1.82, 2.24) is 10.4 Å². The van der Waals surface area contributed by atoms with Gasteiger partial charge in [-0.2, -0.15) is 0 Å². The summed E-state index contributed by atoms with van der Waals surface area (Å²) in [4.78, 5) is 50.8. The predicted molar refractivity (Wildman–Crippen MR) is 77.8 cm³/mol. The Morgan fingerprint density at radius 2 is 1.79 bits per heavy atom. The maximum Gasteiger partial charge on any atom is 0.408 e. The molecule has 2 rings (SSSR count). The number of hydrogen-bond donors (Lipinski definition) is 2. The molecule has 1 aliphatic heterocycles. The molecule has 1 atom stereocenters. The van der Waals surface area contributed by atoms with Gasteiger partial charge in [0.2, 0.25) is 0 Å². The molecule has 1 saturated heterocycles. The summed E-state index contributed by atoms with van der Waals surface area (Å²) < 4.78 is 4.91. The third-order valence-corrected chi connectivity index (χ3v) is 3.16. The number of rotatable bonds is 6. The number of nitrogens with one attached hydrogen (secondary N) is 1. The van der Waals surface area contributed by atoms with E-state index in [0.717, 1.165) is 5.56 Å². The smallest absolute Gasteiger partial charge is 0.408 e. The number of carbonyl (C=O) groups is 4. The molecular formula is C15H16N2O7. The zero-order valence-electron chi connectivity index (χ0n) is 12.6. The molecule has 1 aromatic rings. The highest BCUT2D eigenvalue weighted by Crippen LogP contribution is 2.12. The van der Waals surface area contributed by atoms with Crippen LogP contribution in [0, 0.1) is 0 Å². The largest absolute Gasteiger partial charge is 0.445 e. The molecule has 24 heavy (non-hydrogen) atoms. The van der Waals surface area contributed by atoms with E-state index >= 15 is 0 Å². The first kappa shape index (κ1) is 17.4. The van der Waals surface area contributed by atoms with Crippen molar-refractivity contribution in [3.8, 4) is 0 Å². The maximum absolute atomic E-state index is 11.8. The van der Waals surface area contributed by atoms with Crippen LogP contribution in [0.15, 0.2) is 30.3 Å². The molecule has 0 radical (unpaired) electrons. The Hall–Kier alpha value is -2.94. The summed E-state index contributed by atoms with van der Waals surface area (Å²) in [6.45, 7) is -0.807. The fraction of sp³-hybridized carbons (Fsp3) is 0.333. The van der Waals surface area contributed by atoms with Gasteiger partial charge in [-0.1, -0.05) is 30.3 Å². The minimum Gasteiger partial charge on any atom is -0.445 e. The fourth-order valence-corrected chi connectivity index (χ4v) is 1.90. The number of aliphatic hydroxyl groups excluding tert-OH is 1. The van der Waals surface area contributed by atoms with E-state index in [1.54, 1.807) is 24.3 Å². The van der Waals surface area contributed by atoms with Crippen molar-refractivity contribution >= 4 is 23.9 Å². The van der Waals surface area contributed by atoms with E-state index in [1.807, 2.05) is 6.07 Å². The molecule has 0 bridgehead atoms. The van der Waals surface area contributed by atoms with Gasteiger partial charge in [0.25, 0.3) is 11.8 Å². The number of alkyl carbamates (subject to hydrolysis) is 1. The van der Waals surface area contributed by atoms with Crippen molar-refractivity contribution in [3.63, 3.8) is 0 Å². The lowest BCUT2D eigenvalue weighted by Gasteiger charge is -2.18. The van der Waals surface area contributed by atoms with Crippen LogP contribution in [0.2, 0.25) is 0 Å². The van der Waals surface area contributed by atoms with E-state index in [0.29, 0.717) is 5.06 Å². The summed E-state index contributed by atoms with van der Waals surface area (Å²) in [5.41, 5.74) is 0.740. The van der Waals surface area contributed by atoms with Gasteiger partial charge in [0.15, 0.2) is 6.04 Å². The number of hydrogen-bond acceptors (Lipinski definition) is 7. The first-order valence-corrected chi connectivity index (χ1v) is 7.17. The summed E-state index contributed by atoms with van der Waals surface area (Å²) in [5.74, 6) is -2.45. The third-order valence-electron chi connectivity index (χ3n) is 3.16. The first-order chi connectivity index (χ1) is 11.5. The molecular weight excluding hydrogens is 320 g/mol. The zero-order chi connectivity index (χ0) is 17.5. The number of hydroxylamine groups is 2. The average Bonchev–Trinajstić information content (AvgIpc) is 2.90. The molecule has 128 valence electrons. The van der Waals surface area contributed by atoms with Gasteiger partial charge >= 0.3 is 12.1 Å². The van der Waals surface area contributed by atoms with Crippen LogP contribution in [0.25, 0.3) is 0 Å². The SMILES string of the molecule is O=C(N[C@@H](CO)C(=O)ON1C(=O)CCC1=O)OCc1ccccc1. The van der Waals surface area contributed by atoms with E-state index in [-0.39, 0.29) is 19.4 Å². The molecule has 0 aromatic heterocycles. The zero-order valence-corrected chi connectivity index (χ0v) is 12.6. The number of carbonyl (C=O) groups excluding carboxylic acids is 4. The maximum atomic E-state index is 11.8. The van der Waals surface area contributed by atoms with Crippen molar-refractivity contribution in [2.45, 2.75) is 25.5 Å². The lowest BCUT2D eigenvalue weighted by atomic mass is 10.2.